The molecule has 3 saturated carbocycles. The zero-order valence-corrected chi connectivity index (χ0v) is 11.7. The van der Waals surface area contributed by atoms with Crippen molar-refractivity contribution in [1.82, 2.24) is 15.3 Å². The number of carbonyl (C=O) groups is 2. The molecule has 6 heteroatoms. The van der Waals surface area contributed by atoms with Gasteiger partial charge in [-0.05, 0) is 37.5 Å². The number of hydrogen-bond acceptors (Lipinski definition) is 3. The Bertz CT molecular complexity index is 571. The minimum atomic E-state index is -0.672. The summed E-state index contributed by atoms with van der Waals surface area (Å²) in [6, 6.07) is 0.182. The van der Waals surface area contributed by atoms with Crippen LogP contribution < -0.4 is 5.32 Å². The molecule has 0 radical (unpaired) electrons. The average Bonchev–Trinajstić information content (AvgIpc) is 2.85. The third-order valence-corrected chi connectivity index (χ3v) is 5.55. The van der Waals surface area contributed by atoms with Crippen molar-refractivity contribution in [3.63, 3.8) is 0 Å². The van der Waals surface area contributed by atoms with E-state index in [0.29, 0.717) is 5.92 Å². The molecule has 0 saturated heterocycles. The Labute approximate surface area is 122 Å². The fourth-order valence-electron chi connectivity index (χ4n) is 4.34. The molecule has 1 aromatic rings. The van der Waals surface area contributed by atoms with E-state index in [9.17, 15) is 9.59 Å². The van der Waals surface area contributed by atoms with Crippen LogP contribution in [0.15, 0.2) is 12.5 Å². The second kappa shape index (κ2) is 4.58. The molecule has 1 aromatic heterocycles. The van der Waals surface area contributed by atoms with Crippen LogP contribution in [-0.4, -0.2) is 33.0 Å². The smallest absolute Gasteiger partial charge is 0.306 e. The minimum absolute atomic E-state index is 0.0554. The molecule has 1 amide bonds. The summed E-state index contributed by atoms with van der Waals surface area (Å²) in [5.41, 5.74) is 1.04. The molecule has 2 bridgehead atoms. The number of fused-ring (bicyclic) bond motifs is 2. The molecular weight excluding hydrogens is 270 g/mol. The summed E-state index contributed by atoms with van der Waals surface area (Å²) in [6.45, 7) is 0. The van der Waals surface area contributed by atoms with Crippen molar-refractivity contribution < 1.29 is 14.7 Å². The number of amides is 1. The van der Waals surface area contributed by atoms with E-state index < -0.39 is 5.97 Å². The van der Waals surface area contributed by atoms with Gasteiger partial charge in [0.15, 0.2) is 0 Å². The molecule has 3 fully saturated rings. The Hall–Kier alpha value is -1.85. The van der Waals surface area contributed by atoms with Crippen molar-refractivity contribution in [2.24, 2.45) is 23.7 Å². The number of hydrogen-bond donors (Lipinski definition) is 3. The summed E-state index contributed by atoms with van der Waals surface area (Å²) < 4.78 is 0. The van der Waals surface area contributed by atoms with Crippen LogP contribution in [0.2, 0.25) is 0 Å². The number of H-pyrrole nitrogens is 1. The topological polar surface area (TPSA) is 95.1 Å². The monoisotopic (exact) mass is 289 g/mol. The summed E-state index contributed by atoms with van der Waals surface area (Å²) in [5, 5.41) is 12.3. The highest BCUT2D eigenvalue weighted by Gasteiger charge is 2.51. The molecule has 3 aliphatic carbocycles. The summed E-state index contributed by atoms with van der Waals surface area (Å²) in [7, 11) is 0. The standard InChI is InChI=1S/C15H19N3O3/c19-14(11-4-10(11)13-5-16-6-17-13)18-12-3-7-1-8(12)2-9(7)15(20)21/h5-12H,1-4H2,(H,16,17)(H,18,19)(H,20,21)/t7-,8-,9-,10-,11-,12-/m1/s1. The zero-order valence-electron chi connectivity index (χ0n) is 11.7. The number of nitrogens with zero attached hydrogens (tertiary/aromatic N) is 1. The maximum absolute atomic E-state index is 12.3. The van der Waals surface area contributed by atoms with Crippen LogP contribution in [0.4, 0.5) is 0 Å². The second-order valence-corrected chi connectivity index (χ2v) is 6.74. The Morgan fingerprint density at radius 3 is 2.67 bits per heavy atom. The number of carboxylic acids is 1. The number of aromatic amines is 1. The predicted molar refractivity (Wildman–Crippen MR) is 73.3 cm³/mol. The molecule has 3 N–H and O–H groups in total. The highest BCUT2D eigenvalue weighted by molar-refractivity contribution is 5.83. The third-order valence-electron chi connectivity index (χ3n) is 5.55. The quantitative estimate of drug-likeness (QED) is 0.774. The maximum Gasteiger partial charge on any atom is 0.306 e. The lowest BCUT2D eigenvalue weighted by Gasteiger charge is -2.26. The molecule has 112 valence electrons. The van der Waals surface area contributed by atoms with Gasteiger partial charge in [-0.25, -0.2) is 4.98 Å². The van der Waals surface area contributed by atoms with E-state index in [-0.39, 0.29) is 35.6 Å². The third kappa shape index (κ3) is 2.13. The predicted octanol–water partition coefficient (Wildman–Crippen LogP) is 1.13. The van der Waals surface area contributed by atoms with Crippen molar-refractivity contribution in [3.8, 4) is 0 Å². The molecule has 0 unspecified atom stereocenters. The van der Waals surface area contributed by atoms with Crippen LogP contribution in [0.1, 0.15) is 37.3 Å². The van der Waals surface area contributed by atoms with Gasteiger partial charge in [-0.1, -0.05) is 0 Å². The van der Waals surface area contributed by atoms with Gasteiger partial charge >= 0.3 is 5.97 Å². The van der Waals surface area contributed by atoms with Crippen LogP contribution in [0.25, 0.3) is 0 Å². The summed E-state index contributed by atoms with van der Waals surface area (Å²) >= 11 is 0. The number of imidazole rings is 1. The van der Waals surface area contributed by atoms with E-state index in [4.69, 9.17) is 5.11 Å². The summed E-state index contributed by atoms with van der Waals surface area (Å²) in [6.07, 6.45) is 6.81. The Morgan fingerprint density at radius 2 is 2.05 bits per heavy atom. The van der Waals surface area contributed by atoms with E-state index in [2.05, 4.69) is 15.3 Å². The molecule has 0 aliphatic heterocycles. The zero-order chi connectivity index (χ0) is 14.6. The van der Waals surface area contributed by atoms with Gasteiger partial charge in [-0.2, -0.15) is 0 Å². The summed E-state index contributed by atoms with van der Waals surface area (Å²) in [5.74, 6) is 0.192. The van der Waals surface area contributed by atoms with E-state index in [1.165, 1.54) is 0 Å². The fraction of sp³-hybridized carbons (Fsp3) is 0.667. The molecule has 6 nitrogen and oxygen atoms in total. The molecule has 0 aromatic carbocycles. The van der Waals surface area contributed by atoms with Crippen LogP contribution in [0, 0.1) is 23.7 Å². The highest BCUT2D eigenvalue weighted by Crippen LogP contribution is 2.50. The highest BCUT2D eigenvalue weighted by atomic mass is 16.4. The Balaban J connectivity index is 1.33. The number of carbonyl (C=O) groups excluding carboxylic acids is 1. The first-order chi connectivity index (χ1) is 10.1. The lowest BCUT2D eigenvalue weighted by atomic mass is 9.86. The molecule has 0 spiro atoms. The van der Waals surface area contributed by atoms with Gasteiger partial charge in [0.25, 0.3) is 0 Å². The molecule has 3 aliphatic rings. The number of aliphatic carboxylic acids is 1. The van der Waals surface area contributed by atoms with Crippen LogP contribution in [0.3, 0.4) is 0 Å². The van der Waals surface area contributed by atoms with Crippen molar-refractivity contribution in [1.29, 1.82) is 0 Å². The van der Waals surface area contributed by atoms with Crippen molar-refractivity contribution in [2.45, 2.75) is 37.6 Å². The van der Waals surface area contributed by atoms with Crippen molar-refractivity contribution in [2.75, 3.05) is 0 Å². The minimum Gasteiger partial charge on any atom is -0.481 e. The molecule has 1 heterocycles. The van der Waals surface area contributed by atoms with E-state index >= 15 is 0 Å². The number of rotatable bonds is 4. The largest absolute Gasteiger partial charge is 0.481 e. The molecule has 21 heavy (non-hydrogen) atoms. The van der Waals surface area contributed by atoms with E-state index in [1.54, 1.807) is 12.5 Å². The SMILES string of the molecule is O=C(O)[C@@H]1C[C@H]2C[C@@H]1C[C@H]2NC(=O)[C@@H]1C[C@H]1c1cnc[nH]1. The van der Waals surface area contributed by atoms with Crippen molar-refractivity contribution in [3.05, 3.63) is 18.2 Å². The normalized spacial score (nSPS) is 40.2. The first kappa shape index (κ1) is 12.9. The maximum atomic E-state index is 12.3. The first-order valence-electron chi connectivity index (χ1n) is 7.65. The Morgan fingerprint density at radius 1 is 1.19 bits per heavy atom. The van der Waals surface area contributed by atoms with Gasteiger partial charge in [0, 0.05) is 29.8 Å². The number of nitrogens with one attached hydrogen (secondary N) is 2. The van der Waals surface area contributed by atoms with E-state index in [0.717, 1.165) is 31.4 Å². The van der Waals surface area contributed by atoms with Gasteiger partial charge in [-0.3, -0.25) is 9.59 Å². The summed E-state index contributed by atoms with van der Waals surface area (Å²) in [4.78, 5) is 30.5. The van der Waals surface area contributed by atoms with Gasteiger partial charge in [0.2, 0.25) is 5.91 Å². The fourth-order valence-corrected chi connectivity index (χ4v) is 4.34. The van der Waals surface area contributed by atoms with E-state index in [1.807, 2.05) is 0 Å². The average molecular weight is 289 g/mol. The second-order valence-electron chi connectivity index (χ2n) is 6.74. The van der Waals surface area contributed by atoms with Crippen LogP contribution >= 0.6 is 0 Å². The first-order valence-corrected chi connectivity index (χ1v) is 7.65. The molecular formula is C15H19N3O3. The van der Waals surface area contributed by atoms with Crippen LogP contribution in [-0.2, 0) is 9.59 Å². The Kier molecular flexibility index (Phi) is 2.80. The molecule has 6 atom stereocenters. The van der Waals surface area contributed by atoms with Crippen molar-refractivity contribution >= 4 is 11.9 Å². The lowest BCUT2D eigenvalue weighted by molar-refractivity contribution is -0.143. The lowest BCUT2D eigenvalue weighted by Crippen LogP contribution is -2.41. The van der Waals surface area contributed by atoms with Gasteiger partial charge in [0.05, 0.1) is 12.2 Å². The molecule has 4 rings (SSSR count). The number of aromatic nitrogens is 2. The number of carboxylic acid groups (broad SMARTS) is 1. The van der Waals surface area contributed by atoms with Gasteiger partial charge in [-0.15, -0.1) is 0 Å². The van der Waals surface area contributed by atoms with Gasteiger partial charge < -0.3 is 15.4 Å². The van der Waals surface area contributed by atoms with Gasteiger partial charge in [0.1, 0.15) is 0 Å². The van der Waals surface area contributed by atoms with Crippen LogP contribution in [0.5, 0.6) is 0 Å².